The van der Waals surface area contributed by atoms with Crippen LogP contribution < -0.4 is 10.0 Å². The number of nitrogens with one attached hydrogen (secondary N) is 2. The Morgan fingerprint density at radius 3 is 2.66 bits per heavy atom. The van der Waals surface area contributed by atoms with E-state index in [1.807, 2.05) is 6.07 Å². The van der Waals surface area contributed by atoms with Crippen molar-refractivity contribution in [1.82, 2.24) is 0 Å². The number of carbonyl (C=O) groups excluding carboxylic acids is 1. The van der Waals surface area contributed by atoms with Crippen molar-refractivity contribution in [1.29, 1.82) is 0 Å². The summed E-state index contributed by atoms with van der Waals surface area (Å²) in [5.41, 5.74) is 2.54. The molecule has 1 heterocycles. The van der Waals surface area contributed by atoms with Gasteiger partial charge >= 0.3 is 0 Å². The number of carbonyl (C=O) groups is 1. The molecule has 1 atom stereocenters. The molecule has 0 saturated carbocycles. The molecule has 0 spiro atoms. The number of hydrogen-bond acceptors (Lipinski definition) is 5. The summed E-state index contributed by atoms with van der Waals surface area (Å²) < 4.78 is 25.8. The summed E-state index contributed by atoms with van der Waals surface area (Å²) in [4.78, 5) is 16.0. The molecule has 2 aromatic rings. The van der Waals surface area contributed by atoms with Gasteiger partial charge in [0.05, 0.1) is 22.7 Å². The van der Waals surface area contributed by atoms with Crippen molar-refractivity contribution in [3.8, 4) is 0 Å². The molecular weight excluding hydrogens is 461 g/mol. The summed E-state index contributed by atoms with van der Waals surface area (Å²) in [6.07, 6.45) is 0.971. The fourth-order valence-corrected chi connectivity index (χ4v) is 3.78. The number of oxime groups is 1. The maximum absolute atomic E-state index is 11.7. The van der Waals surface area contributed by atoms with E-state index in [-0.39, 0.29) is 0 Å². The number of nitrogens with zero attached hydrogens (tertiary/aromatic N) is 1. The molecule has 3 rings (SSSR count). The Morgan fingerprint density at radius 1 is 1.24 bits per heavy atom. The summed E-state index contributed by atoms with van der Waals surface area (Å²) in [5.74, 6) is -0.540. The lowest BCUT2D eigenvalue weighted by atomic mass is 9.99. The van der Waals surface area contributed by atoms with Crippen LogP contribution in [0.5, 0.6) is 0 Å². The summed E-state index contributed by atoms with van der Waals surface area (Å²) in [6.45, 7) is 0. The van der Waals surface area contributed by atoms with Crippen LogP contribution in [-0.4, -0.2) is 31.1 Å². The van der Waals surface area contributed by atoms with Crippen molar-refractivity contribution in [2.45, 2.75) is 17.4 Å². The van der Waals surface area contributed by atoms with Crippen molar-refractivity contribution >= 4 is 67.8 Å². The number of halogens is 3. The van der Waals surface area contributed by atoms with Crippen LogP contribution in [0, 0.1) is 0 Å². The van der Waals surface area contributed by atoms with Crippen molar-refractivity contribution in [2.75, 3.05) is 16.3 Å². The minimum atomic E-state index is -3.50. The van der Waals surface area contributed by atoms with Gasteiger partial charge in [0.25, 0.3) is 5.91 Å². The van der Waals surface area contributed by atoms with Crippen LogP contribution >= 0.6 is 34.8 Å². The number of amides is 1. The van der Waals surface area contributed by atoms with Crippen LogP contribution in [-0.2, 0) is 19.7 Å². The fraction of sp³-hybridized carbons (Fsp3) is 0.222. The Hall–Kier alpha value is -2.00. The van der Waals surface area contributed by atoms with Gasteiger partial charge < -0.3 is 10.2 Å². The molecule has 2 aromatic carbocycles. The van der Waals surface area contributed by atoms with E-state index in [0.717, 1.165) is 11.8 Å². The molecule has 0 saturated heterocycles. The van der Waals surface area contributed by atoms with Crippen LogP contribution in [0.15, 0.2) is 47.6 Å². The minimum Gasteiger partial charge on any atom is -0.387 e. The minimum absolute atomic E-state index is 0.319. The normalized spacial score (nSPS) is 16.3. The van der Waals surface area contributed by atoms with Gasteiger partial charge in [-0.2, -0.15) is 0 Å². The molecule has 2 N–H and O–H groups in total. The van der Waals surface area contributed by atoms with E-state index in [9.17, 15) is 13.2 Å². The van der Waals surface area contributed by atoms with Gasteiger partial charge in [-0.3, -0.25) is 9.52 Å². The van der Waals surface area contributed by atoms with Gasteiger partial charge in [-0.1, -0.05) is 58.2 Å². The number of hydrogen-bond donors (Lipinski definition) is 2. The maximum atomic E-state index is 11.7. The highest BCUT2D eigenvalue weighted by Crippen LogP contribution is 2.35. The first-order valence-corrected chi connectivity index (χ1v) is 11.5. The Kier molecular flexibility index (Phi) is 6.58. The smallest absolute Gasteiger partial charge is 0.257 e. The van der Waals surface area contributed by atoms with E-state index in [1.54, 1.807) is 36.4 Å². The quantitative estimate of drug-likeness (QED) is 0.607. The molecule has 0 aliphatic carbocycles. The van der Waals surface area contributed by atoms with Crippen molar-refractivity contribution in [3.63, 3.8) is 0 Å². The van der Waals surface area contributed by atoms with Gasteiger partial charge in [0.15, 0.2) is 10.9 Å². The maximum Gasteiger partial charge on any atom is 0.257 e. The predicted octanol–water partition coefficient (Wildman–Crippen LogP) is 4.32. The van der Waals surface area contributed by atoms with Crippen molar-refractivity contribution in [2.24, 2.45) is 5.16 Å². The zero-order chi connectivity index (χ0) is 21.2. The van der Waals surface area contributed by atoms with Crippen molar-refractivity contribution in [3.05, 3.63) is 58.6 Å². The SMILES string of the molecule is CS(=O)(=O)Nc1cccc(Cl)c1C1=NOC(c2cccc(NC(=O)C(Cl)Cl)c2)C1. The molecule has 1 aliphatic heterocycles. The lowest BCUT2D eigenvalue weighted by molar-refractivity contribution is -0.114. The summed E-state index contributed by atoms with van der Waals surface area (Å²) in [5, 5.41) is 7.05. The second kappa shape index (κ2) is 8.79. The van der Waals surface area contributed by atoms with Gasteiger partial charge in [0.1, 0.15) is 0 Å². The third-order valence-corrected chi connectivity index (χ3v) is 5.29. The zero-order valence-electron chi connectivity index (χ0n) is 15.0. The largest absolute Gasteiger partial charge is 0.387 e. The molecular formula is C18H16Cl3N3O4S. The van der Waals surface area contributed by atoms with Crippen LogP contribution in [0.1, 0.15) is 23.7 Å². The predicted molar refractivity (Wildman–Crippen MR) is 115 cm³/mol. The van der Waals surface area contributed by atoms with Crippen LogP contribution in [0.2, 0.25) is 5.02 Å². The highest BCUT2D eigenvalue weighted by Gasteiger charge is 2.28. The van der Waals surface area contributed by atoms with E-state index >= 15 is 0 Å². The first-order valence-electron chi connectivity index (χ1n) is 8.32. The second-order valence-electron chi connectivity index (χ2n) is 6.29. The van der Waals surface area contributed by atoms with Gasteiger partial charge in [-0.15, -0.1) is 0 Å². The van der Waals surface area contributed by atoms with Crippen LogP contribution in [0.25, 0.3) is 0 Å². The van der Waals surface area contributed by atoms with Gasteiger partial charge in [0, 0.05) is 17.7 Å². The lowest BCUT2D eigenvalue weighted by Crippen LogP contribution is -2.18. The third-order valence-electron chi connectivity index (χ3n) is 3.99. The number of sulfonamides is 1. The Morgan fingerprint density at radius 2 is 1.97 bits per heavy atom. The summed E-state index contributed by atoms with van der Waals surface area (Å²) in [7, 11) is -3.50. The zero-order valence-corrected chi connectivity index (χ0v) is 18.1. The average Bonchev–Trinajstić information content (AvgIpc) is 3.10. The number of rotatable bonds is 6. The molecule has 11 heteroatoms. The Labute approximate surface area is 183 Å². The highest BCUT2D eigenvalue weighted by molar-refractivity contribution is 7.92. The monoisotopic (exact) mass is 475 g/mol. The molecule has 0 aromatic heterocycles. The van der Waals surface area contributed by atoms with E-state index in [0.29, 0.717) is 34.1 Å². The van der Waals surface area contributed by atoms with E-state index < -0.39 is 26.9 Å². The molecule has 1 aliphatic rings. The second-order valence-corrected chi connectivity index (χ2v) is 9.54. The van der Waals surface area contributed by atoms with E-state index in [1.165, 1.54) is 0 Å². The van der Waals surface area contributed by atoms with Gasteiger partial charge in [-0.25, -0.2) is 8.42 Å². The third kappa shape index (κ3) is 5.54. The molecule has 0 radical (unpaired) electrons. The standard InChI is InChI=1S/C18H16Cl3N3O4S/c1-29(26,27)24-13-7-3-6-12(19)16(13)14-9-15(28-23-14)10-4-2-5-11(8-10)22-18(25)17(20)21/h2-8,15,17,24H,9H2,1H3,(H,22,25). The van der Waals surface area contributed by atoms with Crippen LogP contribution in [0.4, 0.5) is 11.4 Å². The van der Waals surface area contributed by atoms with E-state index in [2.05, 4.69) is 15.2 Å². The topological polar surface area (TPSA) is 96.9 Å². The Bertz CT molecular complexity index is 1070. The molecule has 0 fully saturated rings. The van der Waals surface area contributed by atoms with Crippen molar-refractivity contribution < 1.29 is 18.0 Å². The molecule has 154 valence electrons. The van der Waals surface area contributed by atoms with Gasteiger partial charge in [-0.05, 0) is 29.8 Å². The molecule has 1 amide bonds. The average molecular weight is 477 g/mol. The number of benzene rings is 2. The molecule has 0 bridgehead atoms. The molecule has 7 nitrogen and oxygen atoms in total. The summed E-state index contributed by atoms with van der Waals surface area (Å²) >= 11 is 17.4. The first-order chi connectivity index (χ1) is 13.6. The number of anilines is 2. The molecule has 29 heavy (non-hydrogen) atoms. The summed E-state index contributed by atoms with van der Waals surface area (Å²) in [6, 6.07) is 11.9. The highest BCUT2D eigenvalue weighted by atomic mass is 35.5. The molecule has 1 unspecified atom stereocenters. The first kappa shape index (κ1) is 21.7. The fourth-order valence-electron chi connectivity index (χ4n) is 2.82. The van der Waals surface area contributed by atoms with Gasteiger partial charge in [0.2, 0.25) is 10.0 Å². The Balaban J connectivity index is 1.82. The number of alkyl halides is 2. The van der Waals surface area contributed by atoms with E-state index in [4.69, 9.17) is 39.6 Å². The lowest BCUT2D eigenvalue weighted by Gasteiger charge is -2.13. The van der Waals surface area contributed by atoms with Crippen LogP contribution in [0.3, 0.4) is 0 Å².